The number of benzene rings is 2. The van der Waals surface area contributed by atoms with Crippen molar-refractivity contribution in [1.82, 2.24) is 14.8 Å². The Hall–Kier alpha value is -3.42. The maximum Gasteiger partial charge on any atom is 0.414 e. The first-order valence-corrected chi connectivity index (χ1v) is 8.46. The van der Waals surface area contributed by atoms with Crippen LogP contribution in [0.4, 0.5) is 14.9 Å². The molecule has 0 N–H and O–H groups in total. The van der Waals surface area contributed by atoms with Crippen molar-refractivity contribution in [2.45, 2.75) is 19.3 Å². The van der Waals surface area contributed by atoms with Crippen LogP contribution < -0.4 is 9.64 Å². The molecule has 0 saturated carbocycles. The molecule has 1 aromatic heterocycles. The topological polar surface area (TPSA) is 69.5 Å². The number of hydrogen-bond donors (Lipinski definition) is 0. The fourth-order valence-electron chi connectivity index (χ4n) is 2.87. The third-order valence-electron chi connectivity index (χ3n) is 4.20. The molecule has 0 spiro atoms. The molecule has 138 valence electrons. The Balaban J connectivity index is 1.41. The predicted octanol–water partition coefficient (Wildman–Crippen LogP) is 3.02. The minimum atomic E-state index is -0.532. The standard InChI is InChI=1S/C19H17FN4O3/c20-17-8-15(6-7-18(17)26-11-14-4-2-1-3-5-14)24-10-16(27-19(24)25)9-23-13-21-12-22-23/h1-8,12-13,16H,9-11H2/t16-/m0/s1. The summed E-state index contributed by atoms with van der Waals surface area (Å²) >= 11 is 0. The quantitative estimate of drug-likeness (QED) is 0.669. The Morgan fingerprint density at radius 3 is 2.81 bits per heavy atom. The molecule has 2 aromatic carbocycles. The zero-order valence-electron chi connectivity index (χ0n) is 14.4. The second kappa shape index (κ2) is 7.45. The van der Waals surface area contributed by atoms with Gasteiger partial charge in [0.05, 0.1) is 18.8 Å². The fraction of sp³-hybridized carbons (Fsp3) is 0.211. The van der Waals surface area contributed by atoms with Gasteiger partial charge in [0.15, 0.2) is 11.6 Å². The van der Waals surface area contributed by atoms with Crippen molar-refractivity contribution < 1.29 is 18.7 Å². The fourth-order valence-corrected chi connectivity index (χ4v) is 2.87. The highest BCUT2D eigenvalue weighted by atomic mass is 19.1. The maximum atomic E-state index is 14.4. The Labute approximate surface area is 155 Å². The predicted molar refractivity (Wildman–Crippen MR) is 94.8 cm³/mol. The van der Waals surface area contributed by atoms with Gasteiger partial charge in [-0.1, -0.05) is 30.3 Å². The Kier molecular flexibility index (Phi) is 4.69. The summed E-state index contributed by atoms with van der Waals surface area (Å²) in [6, 6.07) is 13.9. The van der Waals surface area contributed by atoms with E-state index in [1.807, 2.05) is 30.3 Å². The molecule has 1 saturated heterocycles. The van der Waals surface area contributed by atoms with Gasteiger partial charge in [0.2, 0.25) is 0 Å². The van der Waals surface area contributed by atoms with Crippen molar-refractivity contribution in [3.05, 3.63) is 72.6 Å². The number of nitrogens with zero attached hydrogens (tertiary/aromatic N) is 4. The molecule has 2 heterocycles. The Bertz CT molecular complexity index is 918. The van der Waals surface area contributed by atoms with Gasteiger partial charge < -0.3 is 9.47 Å². The summed E-state index contributed by atoms with van der Waals surface area (Å²) in [6.07, 6.45) is 2.07. The lowest BCUT2D eigenvalue weighted by molar-refractivity contribution is 0.129. The van der Waals surface area contributed by atoms with Crippen LogP contribution >= 0.6 is 0 Å². The highest BCUT2D eigenvalue weighted by molar-refractivity contribution is 5.89. The normalized spacial score (nSPS) is 16.4. The first kappa shape index (κ1) is 17.0. The van der Waals surface area contributed by atoms with Gasteiger partial charge in [-0.2, -0.15) is 5.10 Å². The third kappa shape index (κ3) is 3.89. The van der Waals surface area contributed by atoms with Gasteiger partial charge in [-0.05, 0) is 17.7 Å². The molecule has 27 heavy (non-hydrogen) atoms. The average molecular weight is 368 g/mol. The van der Waals surface area contributed by atoms with E-state index < -0.39 is 11.9 Å². The first-order chi connectivity index (χ1) is 13.2. The Morgan fingerprint density at radius 2 is 2.07 bits per heavy atom. The van der Waals surface area contributed by atoms with Gasteiger partial charge in [-0.25, -0.2) is 18.9 Å². The molecule has 4 rings (SSSR count). The first-order valence-electron chi connectivity index (χ1n) is 8.46. The lowest BCUT2D eigenvalue weighted by Crippen LogP contribution is -2.26. The number of hydrogen-bond acceptors (Lipinski definition) is 5. The highest BCUT2D eigenvalue weighted by Gasteiger charge is 2.33. The number of rotatable bonds is 6. The summed E-state index contributed by atoms with van der Waals surface area (Å²) in [5.41, 5.74) is 1.37. The minimum Gasteiger partial charge on any atom is -0.486 e. The number of aromatic nitrogens is 3. The monoisotopic (exact) mass is 368 g/mol. The van der Waals surface area contributed by atoms with Crippen LogP contribution in [0.1, 0.15) is 5.56 Å². The molecule has 1 fully saturated rings. The number of carbonyl (C=O) groups is 1. The zero-order valence-corrected chi connectivity index (χ0v) is 14.4. The molecule has 8 heteroatoms. The van der Waals surface area contributed by atoms with Crippen LogP contribution in [0.2, 0.25) is 0 Å². The van der Waals surface area contributed by atoms with Crippen LogP contribution in [0.15, 0.2) is 61.2 Å². The zero-order chi connectivity index (χ0) is 18.6. The summed E-state index contributed by atoms with van der Waals surface area (Å²) in [6.45, 7) is 0.966. The van der Waals surface area contributed by atoms with Crippen molar-refractivity contribution >= 4 is 11.8 Å². The van der Waals surface area contributed by atoms with Gasteiger partial charge in [0.1, 0.15) is 25.4 Å². The molecule has 1 amide bonds. The third-order valence-corrected chi connectivity index (χ3v) is 4.20. The number of carbonyl (C=O) groups excluding carboxylic acids is 1. The van der Waals surface area contributed by atoms with Crippen molar-refractivity contribution in [2.75, 3.05) is 11.4 Å². The number of cyclic esters (lactones) is 1. The number of amides is 1. The summed E-state index contributed by atoms with van der Waals surface area (Å²) in [7, 11) is 0. The van der Waals surface area contributed by atoms with E-state index in [-0.39, 0.29) is 18.5 Å². The van der Waals surface area contributed by atoms with Crippen molar-refractivity contribution in [3.8, 4) is 5.75 Å². The Morgan fingerprint density at radius 1 is 1.22 bits per heavy atom. The highest BCUT2D eigenvalue weighted by Crippen LogP contribution is 2.28. The van der Waals surface area contributed by atoms with Crippen molar-refractivity contribution in [3.63, 3.8) is 0 Å². The van der Waals surface area contributed by atoms with Crippen LogP contribution in [0.3, 0.4) is 0 Å². The molecule has 7 nitrogen and oxygen atoms in total. The van der Waals surface area contributed by atoms with Crippen LogP contribution in [0.25, 0.3) is 0 Å². The van der Waals surface area contributed by atoms with E-state index in [1.165, 1.54) is 23.4 Å². The molecule has 0 aliphatic carbocycles. The molecule has 0 unspecified atom stereocenters. The lowest BCUT2D eigenvalue weighted by Gasteiger charge is -2.15. The van der Waals surface area contributed by atoms with Gasteiger partial charge in [-0.3, -0.25) is 4.90 Å². The number of halogens is 1. The minimum absolute atomic E-state index is 0.134. The summed E-state index contributed by atoms with van der Waals surface area (Å²) < 4.78 is 26.8. The molecule has 1 atom stereocenters. The second-order valence-corrected chi connectivity index (χ2v) is 6.12. The molecular formula is C19H17FN4O3. The van der Waals surface area contributed by atoms with Crippen molar-refractivity contribution in [1.29, 1.82) is 0 Å². The average Bonchev–Trinajstić information content (AvgIpc) is 3.31. The second-order valence-electron chi connectivity index (χ2n) is 6.12. The van der Waals surface area contributed by atoms with E-state index in [1.54, 1.807) is 17.1 Å². The van der Waals surface area contributed by atoms with Crippen LogP contribution in [-0.2, 0) is 17.9 Å². The van der Waals surface area contributed by atoms with Crippen LogP contribution in [0.5, 0.6) is 5.75 Å². The summed E-state index contributed by atoms with van der Waals surface area (Å²) in [5, 5.41) is 3.99. The smallest absolute Gasteiger partial charge is 0.414 e. The van der Waals surface area contributed by atoms with E-state index in [2.05, 4.69) is 10.1 Å². The maximum absolute atomic E-state index is 14.4. The van der Waals surface area contributed by atoms with Gasteiger partial charge >= 0.3 is 6.09 Å². The van der Waals surface area contributed by atoms with E-state index in [0.717, 1.165) is 5.56 Å². The van der Waals surface area contributed by atoms with E-state index in [4.69, 9.17) is 9.47 Å². The SMILES string of the molecule is O=C1O[C@@H](Cn2cncn2)CN1c1ccc(OCc2ccccc2)c(F)c1. The van der Waals surface area contributed by atoms with E-state index in [9.17, 15) is 9.18 Å². The molecule has 1 aliphatic rings. The molecule has 1 aliphatic heterocycles. The summed E-state index contributed by atoms with van der Waals surface area (Å²) in [4.78, 5) is 17.4. The van der Waals surface area contributed by atoms with E-state index >= 15 is 0 Å². The molecule has 0 radical (unpaired) electrons. The number of anilines is 1. The van der Waals surface area contributed by atoms with Crippen molar-refractivity contribution in [2.24, 2.45) is 0 Å². The van der Waals surface area contributed by atoms with Crippen LogP contribution in [-0.4, -0.2) is 33.5 Å². The van der Waals surface area contributed by atoms with Crippen LogP contribution in [0, 0.1) is 5.82 Å². The molecular weight excluding hydrogens is 351 g/mol. The van der Waals surface area contributed by atoms with Gasteiger partial charge in [-0.15, -0.1) is 0 Å². The largest absolute Gasteiger partial charge is 0.486 e. The van der Waals surface area contributed by atoms with Gasteiger partial charge in [0, 0.05) is 6.07 Å². The van der Waals surface area contributed by atoms with Gasteiger partial charge in [0.25, 0.3) is 0 Å². The lowest BCUT2D eigenvalue weighted by atomic mass is 10.2. The molecule has 3 aromatic rings. The summed E-state index contributed by atoms with van der Waals surface area (Å²) in [5.74, 6) is -0.398. The molecule has 0 bridgehead atoms. The van der Waals surface area contributed by atoms with E-state index in [0.29, 0.717) is 18.8 Å². The number of ether oxygens (including phenoxy) is 2.